The number of thiazole rings is 1. The molecule has 0 aliphatic carbocycles. The van der Waals surface area contributed by atoms with Crippen molar-refractivity contribution < 1.29 is 14.3 Å². The molecule has 170 valence electrons. The number of fused-ring (bicyclic) bond motifs is 1. The van der Waals surface area contributed by atoms with Crippen LogP contribution in [0, 0.1) is 0 Å². The van der Waals surface area contributed by atoms with E-state index in [2.05, 4.69) is 16.4 Å². The molecular formula is C25H31N3O3S. The molecule has 2 aromatic carbocycles. The van der Waals surface area contributed by atoms with Gasteiger partial charge in [0.15, 0.2) is 0 Å². The zero-order valence-corrected chi connectivity index (χ0v) is 20.0. The van der Waals surface area contributed by atoms with Crippen LogP contribution in [0.25, 0.3) is 10.2 Å². The van der Waals surface area contributed by atoms with Crippen LogP contribution < -0.4 is 5.32 Å². The van der Waals surface area contributed by atoms with Crippen LogP contribution in [0.1, 0.15) is 51.1 Å². The summed E-state index contributed by atoms with van der Waals surface area (Å²) in [5, 5.41) is 4.06. The highest BCUT2D eigenvalue weighted by molar-refractivity contribution is 7.18. The van der Waals surface area contributed by atoms with Gasteiger partial charge in [0.2, 0.25) is 5.91 Å². The summed E-state index contributed by atoms with van der Waals surface area (Å²) in [5.74, 6) is -0.0427. The van der Waals surface area contributed by atoms with Crippen LogP contribution in [0.3, 0.4) is 0 Å². The van der Waals surface area contributed by atoms with E-state index in [0.29, 0.717) is 19.5 Å². The van der Waals surface area contributed by atoms with Crippen LogP contribution in [0.2, 0.25) is 0 Å². The normalized spacial score (nSPS) is 11.4. The van der Waals surface area contributed by atoms with Gasteiger partial charge >= 0.3 is 6.09 Å². The van der Waals surface area contributed by atoms with Crippen LogP contribution in [0.15, 0.2) is 48.5 Å². The Labute approximate surface area is 193 Å². The Bertz CT molecular complexity index is 1040. The van der Waals surface area contributed by atoms with Gasteiger partial charge in [-0.3, -0.25) is 4.79 Å². The summed E-state index contributed by atoms with van der Waals surface area (Å²) in [4.78, 5) is 31.3. The molecule has 0 atom stereocenters. The lowest BCUT2D eigenvalue weighted by molar-refractivity contribution is -0.116. The Balaban J connectivity index is 1.56. The maximum absolute atomic E-state index is 12.6. The Morgan fingerprint density at radius 1 is 1.09 bits per heavy atom. The number of nitrogens with zero attached hydrogens (tertiary/aromatic N) is 2. The molecule has 0 aliphatic heterocycles. The molecule has 0 saturated heterocycles. The number of benzene rings is 2. The SMILES string of the molecule is CCN(Cc1ccccc1NC(=O)CCCc1nc2ccccc2s1)C(=O)OC(C)(C)C. The molecule has 0 bridgehead atoms. The summed E-state index contributed by atoms with van der Waals surface area (Å²) in [5.41, 5.74) is 2.05. The summed E-state index contributed by atoms with van der Waals surface area (Å²) in [6.45, 7) is 8.34. The summed E-state index contributed by atoms with van der Waals surface area (Å²) < 4.78 is 6.67. The zero-order chi connectivity index (χ0) is 23.1. The third-order valence-electron chi connectivity index (χ3n) is 4.82. The molecule has 1 aromatic heterocycles. The topological polar surface area (TPSA) is 71.5 Å². The maximum atomic E-state index is 12.6. The predicted octanol–water partition coefficient (Wildman–Crippen LogP) is 6.01. The minimum atomic E-state index is -0.554. The second kappa shape index (κ2) is 10.6. The molecule has 1 heterocycles. The number of aromatic nitrogens is 1. The molecule has 0 fully saturated rings. The van der Waals surface area contributed by atoms with Crippen LogP contribution in [0.4, 0.5) is 10.5 Å². The average Bonchev–Trinajstić information content (AvgIpc) is 3.14. The van der Waals surface area contributed by atoms with Crippen LogP contribution in [-0.4, -0.2) is 34.0 Å². The van der Waals surface area contributed by atoms with Crippen molar-refractivity contribution in [1.29, 1.82) is 0 Å². The number of ether oxygens (including phenoxy) is 1. The van der Waals surface area contributed by atoms with Crippen molar-refractivity contribution >= 4 is 39.2 Å². The highest BCUT2D eigenvalue weighted by Crippen LogP contribution is 2.23. The number of rotatable bonds is 8. The van der Waals surface area contributed by atoms with Crippen molar-refractivity contribution in [2.24, 2.45) is 0 Å². The van der Waals surface area contributed by atoms with E-state index >= 15 is 0 Å². The highest BCUT2D eigenvalue weighted by Gasteiger charge is 2.22. The van der Waals surface area contributed by atoms with E-state index in [1.807, 2.05) is 70.2 Å². The molecule has 1 N–H and O–H groups in total. The van der Waals surface area contributed by atoms with Crippen molar-refractivity contribution in [3.05, 3.63) is 59.1 Å². The average molecular weight is 454 g/mol. The molecule has 0 aliphatic rings. The largest absolute Gasteiger partial charge is 0.444 e. The number of carbonyl (C=O) groups excluding carboxylic acids is 2. The quantitative estimate of drug-likeness (QED) is 0.453. The van der Waals surface area contributed by atoms with Gasteiger partial charge in [0.25, 0.3) is 0 Å². The van der Waals surface area contributed by atoms with Gasteiger partial charge in [-0.2, -0.15) is 0 Å². The fourth-order valence-corrected chi connectivity index (χ4v) is 4.27. The Hall–Kier alpha value is -2.93. The van der Waals surface area contributed by atoms with Crippen molar-refractivity contribution in [2.45, 2.75) is 59.1 Å². The lowest BCUT2D eigenvalue weighted by Crippen LogP contribution is -2.36. The Morgan fingerprint density at radius 2 is 1.81 bits per heavy atom. The van der Waals surface area contributed by atoms with Crippen molar-refractivity contribution in [3.63, 3.8) is 0 Å². The third kappa shape index (κ3) is 6.79. The van der Waals surface area contributed by atoms with Gasteiger partial charge in [0, 0.05) is 18.7 Å². The molecule has 7 heteroatoms. The zero-order valence-electron chi connectivity index (χ0n) is 19.2. The first kappa shape index (κ1) is 23.7. The minimum Gasteiger partial charge on any atom is -0.444 e. The van der Waals surface area contributed by atoms with Gasteiger partial charge < -0.3 is 15.0 Å². The summed E-state index contributed by atoms with van der Waals surface area (Å²) in [6, 6.07) is 15.6. The first-order chi connectivity index (χ1) is 15.2. The van der Waals surface area contributed by atoms with Gasteiger partial charge in [-0.1, -0.05) is 30.3 Å². The monoisotopic (exact) mass is 453 g/mol. The van der Waals surface area contributed by atoms with E-state index in [4.69, 9.17) is 4.74 Å². The van der Waals surface area contributed by atoms with Gasteiger partial charge in [-0.15, -0.1) is 11.3 Å². The number of carbonyl (C=O) groups is 2. The van der Waals surface area contributed by atoms with Gasteiger partial charge in [0.1, 0.15) is 5.60 Å². The van der Waals surface area contributed by atoms with Gasteiger partial charge in [-0.05, 0) is 64.3 Å². The molecule has 0 spiro atoms. The number of nitrogens with one attached hydrogen (secondary N) is 1. The summed E-state index contributed by atoms with van der Waals surface area (Å²) in [6.07, 6.45) is 1.55. The van der Waals surface area contributed by atoms with E-state index in [9.17, 15) is 9.59 Å². The molecular weight excluding hydrogens is 422 g/mol. The Kier molecular flexibility index (Phi) is 7.85. The van der Waals surface area contributed by atoms with E-state index < -0.39 is 5.60 Å². The minimum absolute atomic E-state index is 0.0427. The maximum Gasteiger partial charge on any atom is 0.410 e. The lowest BCUT2D eigenvalue weighted by Gasteiger charge is -2.27. The summed E-state index contributed by atoms with van der Waals surface area (Å²) >= 11 is 1.68. The standard InChI is InChI=1S/C25H31N3O3S/c1-5-28(24(30)31-25(2,3)4)17-18-11-6-7-12-19(18)26-22(29)15-10-16-23-27-20-13-8-9-14-21(20)32-23/h6-9,11-14H,5,10,15-17H2,1-4H3,(H,26,29). The third-order valence-corrected chi connectivity index (χ3v) is 5.91. The number of amides is 2. The van der Waals surface area contributed by atoms with Gasteiger partial charge in [0.05, 0.1) is 21.8 Å². The first-order valence-corrected chi connectivity index (χ1v) is 11.8. The Morgan fingerprint density at radius 3 is 2.53 bits per heavy atom. The predicted molar refractivity (Wildman–Crippen MR) is 130 cm³/mol. The number of anilines is 1. The van der Waals surface area contributed by atoms with Crippen LogP contribution in [0.5, 0.6) is 0 Å². The molecule has 3 aromatic rings. The second-order valence-corrected chi connectivity index (χ2v) is 9.74. The van der Waals surface area contributed by atoms with E-state index in [1.54, 1.807) is 16.2 Å². The molecule has 2 amide bonds. The molecule has 6 nitrogen and oxygen atoms in total. The molecule has 3 rings (SSSR count). The first-order valence-electron chi connectivity index (χ1n) is 11.0. The molecule has 0 radical (unpaired) electrons. The smallest absolute Gasteiger partial charge is 0.410 e. The number of aryl methyl sites for hydroxylation is 1. The lowest BCUT2D eigenvalue weighted by atomic mass is 10.1. The van der Waals surface area contributed by atoms with E-state index in [-0.39, 0.29) is 12.0 Å². The number of para-hydroxylation sites is 2. The van der Waals surface area contributed by atoms with Crippen LogP contribution >= 0.6 is 11.3 Å². The van der Waals surface area contributed by atoms with E-state index in [1.165, 1.54) is 4.70 Å². The number of hydrogen-bond donors (Lipinski definition) is 1. The molecule has 0 saturated carbocycles. The highest BCUT2D eigenvalue weighted by atomic mass is 32.1. The fraction of sp³-hybridized carbons (Fsp3) is 0.400. The van der Waals surface area contributed by atoms with E-state index in [0.717, 1.165) is 34.6 Å². The second-order valence-electron chi connectivity index (χ2n) is 8.63. The summed E-state index contributed by atoms with van der Waals surface area (Å²) in [7, 11) is 0. The molecule has 0 unspecified atom stereocenters. The fourth-order valence-electron chi connectivity index (χ4n) is 3.26. The van der Waals surface area contributed by atoms with Crippen molar-refractivity contribution in [3.8, 4) is 0 Å². The van der Waals surface area contributed by atoms with Crippen molar-refractivity contribution in [2.75, 3.05) is 11.9 Å². The van der Waals surface area contributed by atoms with Gasteiger partial charge in [-0.25, -0.2) is 9.78 Å². The van der Waals surface area contributed by atoms with Crippen molar-refractivity contribution in [1.82, 2.24) is 9.88 Å². The van der Waals surface area contributed by atoms with Crippen LogP contribution in [-0.2, 0) is 22.5 Å². The molecule has 32 heavy (non-hydrogen) atoms. The number of hydrogen-bond acceptors (Lipinski definition) is 5.